The zero-order valence-electron chi connectivity index (χ0n) is 19.8. The summed E-state index contributed by atoms with van der Waals surface area (Å²) in [5.74, 6) is -4.13. The molecule has 0 fully saturated rings. The van der Waals surface area contributed by atoms with Gasteiger partial charge in [-0.25, -0.2) is 10.2 Å². The normalized spacial score (nSPS) is 19.4. The van der Waals surface area contributed by atoms with Crippen LogP contribution in [0, 0.1) is 0 Å². The maximum atomic E-state index is 13.7. The third-order valence-electron chi connectivity index (χ3n) is 6.00. The predicted octanol–water partition coefficient (Wildman–Crippen LogP) is -0.756. The molecule has 14 heteroatoms. The zero-order valence-corrected chi connectivity index (χ0v) is 19.8. The zero-order chi connectivity index (χ0) is 27.1. The number of hydrazone groups is 1. The fourth-order valence-corrected chi connectivity index (χ4v) is 4.46. The fraction of sp³-hybridized carbons (Fsp3) is 0.435. The second kappa shape index (κ2) is 12.0. The van der Waals surface area contributed by atoms with Crippen LogP contribution in [0.15, 0.2) is 23.3 Å². The molecule has 37 heavy (non-hydrogen) atoms. The number of primary amides is 1. The van der Waals surface area contributed by atoms with Gasteiger partial charge in [0, 0.05) is 19.1 Å². The van der Waals surface area contributed by atoms with E-state index >= 15 is 0 Å². The standard InChI is InChI=1S/C23H28N6O8/c24-23(37)28-25-11-14(10-19(33)34)26-21(35)16-9-13-5-1-3-12-4-2-6-15(22(36)29(16)20(12)13)27-17(30)7-8-18(31)32/h1,3,5,11,14-16H,2,4,6-10H2,(H,26,35)(H,27,30)(H,31,32)(H,33,34)(H3,24,28,37)/b25-11+/t14-,15-,16-/m0/s1. The van der Waals surface area contributed by atoms with Gasteiger partial charge < -0.3 is 26.6 Å². The number of anilines is 1. The summed E-state index contributed by atoms with van der Waals surface area (Å²) in [5, 5.41) is 26.7. The number of urea groups is 1. The van der Waals surface area contributed by atoms with Crippen molar-refractivity contribution < 1.29 is 39.0 Å². The number of carbonyl (C=O) groups excluding carboxylic acids is 4. The lowest BCUT2D eigenvalue weighted by molar-refractivity contribution is -0.139. The Balaban J connectivity index is 1.86. The Morgan fingerprint density at radius 2 is 1.86 bits per heavy atom. The van der Waals surface area contributed by atoms with Crippen molar-refractivity contribution in [3.8, 4) is 0 Å². The average molecular weight is 517 g/mol. The number of carbonyl (C=O) groups is 6. The summed E-state index contributed by atoms with van der Waals surface area (Å²) in [6, 6.07) is 1.40. The van der Waals surface area contributed by atoms with Gasteiger partial charge in [-0.05, 0) is 30.4 Å². The fourth-order valence-electron chi connectivity index (χ4n) is 4.46. The van der Waals surface area contributed by atoms with Crippen molar-refractivity contribution in [3.63, 3.8) is 0 Å². The third kappa shape index (κ3) is 7.02. The lowest BCUT2D eigenvalue weighted by Crippen LogP contribution is -2.56. The molecule has 0 saturated carbocycles. The van der Waals surface area contributed by atoms with E-state index in [9.17, 15) is 33.9 Å². The van der Waals surface area contributed by atoms with Crippen molar-refractivity contribution in [2.75, 3.05) is 4.90 Å². The molecule has 0 unspecified atom stereocenters. The number of nitrogens with two attached hydrogens (primary N) is 1. The molecule has 198 valence electrons. The maximum Gasteiger partial charge on any atom is 0.332 e. The van der Waals surface area contributed by atoms with Crippen LogP contribution in [0.25, 0.3) is 0 Å². The second-order valence-corrected chi connectivity index (χ2v) is 8.73. The summed E-state index contributed by atoms with van der Waals surface area (Å²) < 4.78 is 0. The highest BCUT2D eigenvalue weighted by atomic mass is 16.4. The van der Waals surface area contributed by atoms with E-state index in [0.29, 0.717) is 24.9 Å². The van der Waals surface area contributed by atoms with Crippen molar-refractivity contribution in [3.05, 3.63) is 29.3 Å². The number of carboxylic acids is 2. The lowest BCUT2D eigenvalue weighted by atomic mass is 9.97. The molecule has 1 aromatic carbocycles. The summed E-state index contributed by atoms with van der Waals surface area (Å²) in [6.07, 6.45) is 1.43. The topological polar surface area (TPSA) is 221 Å². The second-order valence-electron chi connectivity index (χ2n) is 8.73. The lowest BCUT2D eigenvalue weighted by Gasteiger charge is -2.32. The highest BCUT2D eigenvalue weighted by Gasteiger charge is 2.43. The Kier molecular flexibility index (Phi) is 8.77. The Hall–Kier alpha value is -4.49. The summed E-state index contributed by atoms with van der Waals surface area (Å²) in [6.45, 7) is 0. The summed E-state index contributed by atoms with van der Waals surface area (Å²) in [5.41, 5.74) is 9.07. The van der Waals surface area contributed by atoms with Crippen LogP contribution < -0.4 is 26.7 Å². The van der Waals surface area contributed by atoms with Gasteiger partial charge in [0.2, 0.25) is 17.7 Å². The summed E-state index contributed by atoms with van der Waals surface area (Å²) in [7, 11) is 0. The highest BCUT2D eigenvalue weighted by molar-refractivity contribution is 6.07. The van der Waals surface area contributed by atoms with Gasteiger partial charge in [-0.1, -0.05) is 18.2 Å². The van der Waals surface area contributed by atoms with Gasteiger partial charge >= 0.3 is 18.0 Å². The molecule has 3 atom stereocenters. The van der Waals surface area contributed by atoms with Gasteiger partial charge in [-0.3, -0.25) is 28.9 Å². The van der Waals surface area contributed by atoms with E-state index in [-0.39, 0.29) is 19.3 Å². The van der Waals surface area contributed by atoms with Crippen LogP contribution in [0.5, 0.6) is 0 Å². The Morgan fingerprint density at radius 1 is 1.14 bits per heavy atom. The Bertz CT molecular complexity index is 1140. The number of rotatable bonds is 10. The molecule has 2 aliphatic rings. The first-order valence-electron chi connectivity index (χ1n) is 11.6. The first kappa shape index (κ1) is 27.1. The molecule has 2 heterocycles. The number of hydrogen-bond acceptors (Lipinski definition) is 7. The van der Waals surface area contributed by atoms with E-state index in [1.54, 1.807) is 6.07 Å². The maximum absolute atomic E-state index is 13.7. The Labute approximate surface area is 211 Å². The van der Waals surface area contributed by atoms with Crippen LogP contribution in [-0.2, 0) is 36.8 Å². The van der Waals surface area contributed by atoms with Gasteiger partial charge in [-0.15, -0.1) is 0 Å². The molecule has 0 radical (unpaired) electrons. The quantitative estimate of drug-likeness (QED) is 0.171. The molecule has 7 N–H and O–H groups in total. The SMILES string of the molecule is NC(=O)N/N=C/[C@H](CC(=O)O)NC(=O)[C@@H]1Cc2cccc3c2N1C(=O)[C@@H](NC(=O)CCC(=O)O)CCC3. The summed E-state index contributed by atoms with van der Waals surface area (Å²) >= 11 is 0. The number of hydrogen-bond donors (Lipinski definition) is 6. The summed E-state index contributed by atoms with van der Waals surface area (Å²) in [4.78, 5) is 73.5. The van der Waals surface area contributed by atoms with E-state index in [2.05, 4.69) is 15.7 Å². The number of nitrogens with one attached hydrogen (secondary N) is 3. The molecule has 0 aromatic heterocycles. The molecule has 0 aliphatic carbocycles. The Morgan fingerprint density at radius 3 is 2.54 bits per heavy atom. The first-order valence-corrected chi connectivity index (χ1v) is 11.6. The van der Waals surface area contributed by atoms with E-state index in [1.807, 2.05) is 17.6 Å². The minimum absolute atomic E-state index is 0.164. The first-order chi connectivity index (χ1) is 17.6. The van der Waals surface area contributed by atoms with Crippen molar-refractivity contribution >= 4 is 47.6 Å². The monoisotopic (exact) mass is 516 g/mol. The van der Waals surface area contributed by atoms with Crippen molar-refractivity contribution in [1.29, 1.82) is 0 Å². The number of aryl methyl sites for hydroxylation is 1. The van der Waals surface area contributed by atoms with Crippen LogP contribution in [-0.4, -0.2) is 70.2 Å². The van der Waals surface area contributed by atoms with Crippen LogP contribution in [0.1, 0.15) is 43.2 Å². The van der Waals surface area contributed by atoms with Crippen LogP contribution >= 0.6 is 0 Å². The number of carboxylic acid groups (broad SMARTS) is 2. The predicted molar refractivity (Wildman–Crippen MR) is 129 cm³/mol. The van der Waals surface area contributed by atoms with Gasteiger partial charge in [-0.2, -0.15) is 5.10 Å². The van der Waals surface area contributed by atoms with E-state index in [4.69, 9.17) is 10.8 Å². The molecule has 1 aromatic rings. The van der Waals surface area contributed by atoms with Crippen molar-refractivity contribution in [2.24, 2.45) is 10.8 Å². The molecular formula is C23H28N6O8. The largest absolute Gasteiger partial charge is 0.481 e. The number of amides is 5. The number of nitrogens with zero attached hydrogens (tertiary/aromatic N) is 2. The van der Waals surface area contributed by atoms with Crippen molar-refractivity contribution in [2.45, 2.75) is 63.1 Å². The van der Waals surface area contributed by atoms with Gasteiger partial charge in [0.1, 0.15) is 12.1 Å². The van der Waals surface area contributed by atoms with E-state index in [1.165, 1.54) is 4.90 Å². The minimum Gasteiger partial charge on any atom is -0.481 e. The van der Waals surface area contributed by atoms with Crippen LogP contribution in [0.3, 0.4) is 0 Å². The molecule has 0 bridgehead atoms. The number of benzene rings is 1. The number of aliphatic carboxylic acids is 2. The molecule has 0 saturated heterocycles. The molecule has 3 rings (SSSR count). The van der Waals surface area contributed by atoms with Gasteiger partial charge in [0.25, 0.3) is 0 Å². The van der Waals surface area contributed by atoms with Gasteiger partial charge in [0.05, 0.1) is 24.6 Å². The molecular weight excluding hydrogens is 488 g/mol. The molecule has 14 nitrogen and oxygen atoms in total. The number of para-hydroxylation sites is 1. The molecule has 5 amide bonds. The van der Waals surface area contributed by atoms with E-state index in [0.717, 1.165) is 17.3 Å². The van der Waals surface area contributed by atoms with Crippen LogP contribution in [0.4, 0.5) is 10.5 Å². The minimum atomic E-state index is -1.24. The van der Waals surface area contributed by atoms with E-state index < -0.39 is 60.2 Å². The molecule has 0 spiro atoms. The highest BCUT2D eigenvalue weighted by Crippen LogP contribution is 2.38. The smallest absolute Gasteiger partial charge is 0.332 e. The van der Waals surface area contributed by atoms with Crippen LogP contribution in [0.2, 0.25) is 0 Å². The van der Waals surface area contributed by atoms with Gasteiger partial charge in [0.15, 0.2) is 0 Å². The average Bonchev–Trinajstić information content (AvgIpc) is 3.20. The third-order valence-corrected chi connectivity index (χ3v) is 6.00. The van der Waals surface area contributed by atoms with Crippen molar-refractivity contribution in [1.82, 2.24) is 16.1 Å². The molecule has 2 aliphatic heterocycles.